The maximum atomic E-state index is 12.8. The van der Waals surface area contributed by atoms with Crippen LogP contribution in [0.5, 0.6) is 11.6 Å². The molecule has 0 bridgehead atoms. The van der Waals surface area contributed by atoms with Gasteiger partial charge in [-0.25, -0.2) is 9.78 Å². The molecule has 2 heterocycles. The third-order valence-corrected chi connectivity index (χ3v) is 8.00. The summed E-state index contributed by atoms with van der Waals surface area (Å²) < 4.78 is 11.6. The Morgan fingerprint density at radius 3 is 2.39 bits per heavy atom. The van der Waals surface area contributed by atoms with Crippen LogP contribution in [-0.2, 0) is 11.3 Å². The summed E-state index contributed by atoms with van der Waals surface area (Å²) >= 11 is 0. The van der Waals surface area contributed by atoms with Gasteiger partial charge in [-0.05, 0) is 97.8 Å². The Morgan fingerprint density at radius 2 is 1.74 bits per heavy atom. The first-order valence-corrected chi connectivity index (χ1v) is 15.4. The van der Waals surface area contributed by atoms with Gasteiger partial charge in [0.2, 0.25) is 11.8 Å². The molecular weight excluding hydrogens is 580 g/mol. The number of carbonyl (C=O) groups excluding carboxylic acids is 2. The number of piperidine rings is 1. The molecule has 0 saturated carbocycles. The van der Waals surface area contributed by atoms with Crippen molar-refractivity contribution in [1.82, 2.24) is 20.2 Å². The topological polar surface area (TPSA) is 129 Å². The molecule has 10 heteroatoms. The fourth-order valence-electron chi connectivity index (χ4n) is 5.61. The number of esters is 1. The van der Waals surface area contributed by atoms with Crippen LogP contribution in [0.1, 0.15) is 62.7 Å². The second kappa shape index (κ2) is 14.7. The highest BCUT2D eigenvalue weighted by Gasteiger charge is 2.23. The first-order chi connectivity index (χ1) is 22.3. The molecule has 0 radical (unpaired) electrons. The number of aromatic nitrogens is 2. The predicted molar refractivity (Wildman–Crippen MR) is 176 cm³/mol. The molecule has 0 atom stereocenters. The van der Waals surface area contributed by atoms with E-state index in [9.17, 15) is 9.59 Å². The van der Waals surface area contributed by atoms with Gasteiger partial charge in [0.15, 0.2) is 0 Å². The Morgan fingerprint density at radius 1 is 1.02 bits per heavy atom. The molecule has 236 valence electrons. The van der Waals surface area contributed by atoms with Gasteiger partial charge in [0.1, 0.15) is 11.3 Å². The molecule has 4 aromatic rings. The lowest BCUT2D eigenvalue weighted by Gasteiger charge is -2.32. The number of benzene rings is 3. The fourth-order valence-corrected chi connectivity index (χ4v) is 5.61. The van der Waals surface area contributed by atoms with E-state index in [-0.39, 0.29) is 30.0 Å². The van der Waals surface area contributed by atoms with E-state index < -0.39 is 5.97 Å². The van der Waals surface area contributed by atoms with Crippen LogP contribution in [0, 0.1) is 25.2 Å². The van der Waals surface area contributed by atoms with Crippen molar-refractivity contribution in [2.75, 3.05) is 32.1 Å². The molecule has 0 aliphatic carbocycles. The molecule has 46 heavy (non-hydrogen) atoms. The van der Waals surface area contributed by atoms with Gasteiger partial charge in [-0.1, -0.05) is 24.3 Å². The summed E-state index contributed by atoms with van der Waals surface area (Å²) in [5.41, 5.74) is 6.23. The standard InChI is InChI=1S/C36H38N6O4/c1-5-45-35(44)31-21-39-36(40-30-13-15-42(16-14-30)22-26-7-6-8-28(19-26)33(43)38-4)41-34(31)46-32-23(2)17-29(18-24(32)3)27-11-9-25(20-37)10-12-27/h6-12,17-19,21,30H,5,13-16,22H2,1-4H3,(H,38,43)(H,39,40,41). The number of hydrogen-bond donors (Lipinski definition) is 2. The lowest BCUT2D eigenvalue weighted by Crippen LogP contribution is -2.39. The van der Waals surface area contributed by atoms with Crippen molar-refractivity contribution in [1.29, 1.82) is 5.26 Å². The summed E-state index contributed by atoms with van der Waals surface area (Å²) in [6.45, 7) is 8.36. The third kappa shape index (κ3) is 7.68. The van der Waals surface area contributed by atoms with Gasteiger partial charge < -0.3 is 20.1 Å². The van der Waals surface area contributed by atoms with E-state index in [1.165, 1.54) is 6.20 Å². The number of amides is 1. The molecule has 1 aromatic heterocycles. The minimum absolute atomic E-state index is 0.0903. The van der Waals surface area contributed by atoms with Crippen LogP contribution in [0.25, 0.3) is 11.1 Å². The molecular formula is C36H38N6O4. The van der Waals surface area contributed by atoms with Gasteiger partial charge in [0.05, 0.1) is 24.4 Å². The fraction of sp³-hybridized carbons (Fsp3) is 0.306. The van der Waals surface area contributed by atoms with E-state index >= 15 is 0 Å². The normalized spacial score (nSPS) is 13.5. The van der Waals surface area contributed by atoms with Crippen LogP contribution < -0.4 is 15.4 Å². The number of nitrogens with zero attached hydrogens (tertiary/aromatic N) is 4. The molecule has 1 amide bonds. The highest BCUT2D eigenvalue weighted by Crippen LogP contribution is 2.34. The van der Waals surface area contributed by atoms with Crippen LogP contribution in [-0.4, -0.2) is 59.5 Å². The lowest BCUT2D eigenvalue weighted by atomic mass is 9.99. The molecule has 2 N–H and O–H groups in total. The zero-order chi connectivity index (χ0) is 32.6. The Hall–Kier alpha value is -5.27. The largest absolute Gasteiger partial charge is 0.462 e. The van der Waals surface area contributed by atoms with Gasteiger partial charge in [-0.3, -0.25) is 9.69 Å². The monoisotopic (exact) mass is 618 g/mol. The maximum Gasteiger partial charge on any atom is 0.345 e. The quantitative estimate of drug-likeness (QED) is 0.204. The number of anilines is 1. The van der Waals surface area contributed by atoms with Crippen molar-refractivity contribution in [2.24, 2.45) is 0 Å². The number of nitrogens with one attached hydrogen (secondary N) is 2. The average Bonchev–Trinajstić information content (AvgIpc) is 3.07. The third-order valence-electron chi connectivity index (χ3n) is 8.00. The van der Waals surface area contributed by atoms with Crippen molar-refractivity contribution in [3.05, 3.63) is 100 Å². The minimum Gasteiger partial charge on any atom is -0.462 e. The van der Waals surface area contributed by atoms with Crippen LogP contribution >= 0.6 is 0 Å². The van der Waals surface area contributed by atoms with Gasteiger partial charge in [-0.15, -0.1) is 0 Å². The molecule has 3 aromatic carbocycles. The van der Waals surface area contributed by atoms with Gasteiger partial charge in [-0.2, -0.15) is 10.2 Å². The zero-order valence-corrected chi connectivity index (χ0v) is 26.6. The van der Waals surface area contributed by atoms with E-state index in [0.29, 0.717) is 22.8 Å². The molecule has 5 rings (SSSR count). The van der Waals surface area contributed by atoms with Crippen LogP contribution in [0.2, 0.25) is 0 Å². The van der Waals surface area contributed by atoms with E-state index in [4.69, 9.17) is 14.7 Å². The molecule has 10 nitrogen and oxygen atoms in total. The lowest BCUT2D eigenvalue weighted by molar-refractivity contribution is 0.0522. The van der Waals surface area contributed by atoms with Crippen molar-refractivity contribution in [2.45, 2.75) is 46.2 Å². The van der Waals surface area contributed by atoms with E-state index in [2.05, 4.69) is 31.6 Å². The number of carbonyl (C=O) groups is 2. The Bertz CT molecular complexity index is 1730. The second-order valence-corrected chi connectivity index (χ2v) is 11.3. The highest BCUT2D eigenvalue weighted by molar-refractivity contribution is 5.94. The molecule has 1 aliphatic heterocycles. The summed E-state index contributed by atoms with van der Waals surface area (Å²) in [5, 5.41) is 15.2. The van der Waals surface area contributed by atoms with E-state index in [1.807, 2.05) is 62.4 Å². The molecule has 0 unspecified atom stereocenters. The number of hydrogen-bond acceptors (Lipinski definition) is 9. The predicted octanol–water partition coefficient (Wildman–Crippen LogP) is 6.04. The minimum atomic E-state index is -0.553. The number of aryl methyl sites for hydroxylation is 2. The zero-order valence-electron chi connectivity index (χ0n) is 26.6. The second-order valence-electron chi connectivity index (χ2n) is 11.3. The van der Waals surface area contributed by atoms with Gasteiger partial charge in [0, 0.05) is 38.3 Å². The highest BCUT2D eigenvalue weighted by atomic mass is 16.5. The van der Waals surface area contributed by atoms with Crippen molar-refractivity contribution < 1.29 is 19.1 Å². The first kappa shape index (κ1) is 32.1. The summed E-state index contributed by atoms with van der Waals surface area (Å²) in [6, 6.07) is 21.5. The SMILES string of the molecule is CCOC(=O)c1cnc(NC2CCN(Cc3cccc(C(=O)NC)c3)CC2)nc1Oc1c(C)cc(-c2ccc(C#N)cc2)cc1C. The Balaban J connectivity index is 1.29. The van der Waals surface area contributed by atoms with Crippen LogP contribution in [0.15, 0.2) is 66.9 Å². The van der Waals surface area contributed by atoms with Crippen LogP contribution in [0.3, 0.4) is 0 Å². The number of rotatable bonds is 10. The van der Waals surface area contributed by atoms with E-state index in [0.717, 1.165) is 60.3 Å². The maximum absolute atomic E-state index is 12.8. The summed E-state index contributed by atoms with van der Waals surface area (Å²) in [5.74, 6) is 0.460. The van der Waals surface area contributed by atoms with Crippen molar-refractivity contribution in [3.8, 4) is 28.8 Å². The van der Waals surface area contributed by atoms with Crippen molar-refractivity contribution >= 4 is 17.8 Å². The van der Waals surface area contributed by atoms with Crippen molar-refractivity contribution in [3.63, 3.8) is 0 Å². The molecule has 0 spiro atoms. The number of likely N-dealkylation sites (tertiary alicyclic amines) is 1. The Kier molecular flexibility index (Phi) is 10.2. The number of ether oxygens (including phenoxy) is 2. The average molecular weight is 619 g/mol. The summed E-state index contributed by atoms with van der Waals surface area (Å²) in [6.07, 6.45) is 3.21. The summed E-state index contributed by atoms with van der Waals surface area (Å²) in [4.78, 5) is 36.3. The first-order valence-electron chi connectivity index (χ1n) is 15.4. The number of nitriles is 1. The van der Waals surface area contributed by atoms with Gasteiger partial charge in [0.25, 0.3) is 5.91 Å². The molecule has 1 fully saturated rings. The van der Waals surface area contributed by atoms with Gasteiger partial charge >= 0.3 is 5.97 Å². The summed E-state index contributed by atoms with van der Waals surface area (Å²) in [7, 11) is 1.63. The van der Waals surface area contributed by atoms with E-state index in [1.54, 1.807) is 26.1 Å². The Labute approximate surface area is 269 Å². The smallest absolute Gasteiger partial charge is 0.345 e. The molecule has 1 saturated heterocycles. The molecule has 1 aliphatic rings. The van der Waals surface area contributed by atoms with Crippen LogP contribution in [0.4, 0.5) is 5.95 Å².